The number of carbonyl (C=O) groups excluding carboxylic acids is 1. The quantitative estimate of drug-likeness (QED) is 0.577. The van der Waals surface area contributed by atoms with Crippen LogP contribution >= 0.6 is 0 Å². The number of hydrogen-bond acceptors (Lipinski definition) is 3. The zero-order valence-electron chi connectivity index (χ0n) is 7.93. The van der Waals surface area contributed by atoms with Gasteiger partial charge in [0.15, 0.2) is 0 Å². The molecule has 2 aliphatic heterocycles. The van der Waals surface area contributed by atoms with Crippen LogP contribution in [-0.4, -0.2) is 38.8 Å². The van der Waals surface area contributed by atoms with Gasteiger partial charge in [-0.2, -0.15) is 0 Å². The largest absolute Gasteiger partial charge is 0.377 e. The van der Waals surface area contributed by atoms with E-state index in [9.17, 15) is 4.79 Å². The summed E-state index contributed by atoms with van der Waals surface area (Å²) >= 11 is 0. The first kappa shape index (κ1) is 8.97. The van der Waals surface area contributed by atoms with Gasteiger partial charge in [-0.25, -0.2) is 0 Å². The Hall–Kier alpha value is -0.610. The molecule has 0 aromatic rings. The molecule has 2 aliphatic rings. The third-order valence-electron chi connectivity index (χ3n) is 3.19. The van der Waals surface area contributed by atoms with E-state index in [-0.39, 0.29) is 17.4 Å². The molecule has 2 saturated heterocycles. The predicted molar refractivity (Wildman–Crippen MR) is 48.3 cm³/mol. The molecular formula is C9H16N2O2. The monoisotopic (exact) mass is 184 g/mol. The van der Waals surface area contributed by atoms with E-state index in [0.717, 1.165) is 32.5 Å². The molecule has 0 bridgehead atoms. The van der Waals surface area contributed by atoms with E-state index in [1.807, 2.05) is 0 Å². The average molecular weight is 184 g/mol. The standard InChI is InChI=1S/C9H16N2O2/c1-10-8(12)9-3-5-13-7(9)2-4-11-6-9/h7,11H,2-6H2,1H3,(H,10,12)/t7-,9-/m1/s1. The summed E-state index contributed by atoms with van der Waals surface area (Å²) in [6.07, 6.45) is 1.94. The Morgan fingerprint density at radius 3 is 3.31 bits per heavy atom. The molecule has 4 heteroatoms. The lowest BCUT2D eigenvalue weighted by atomic mass is 9.76. The predicted octanol–water partition coefficient (Wildman–Crippen LogP) is -0.499. The van der Waals surface area contributed by atoms with Crippen LogP contribution in [0.2, 0.25) is 0 Å². The van der Waals surface area contributed by atoms with Crippen LogP contribution in [0.1, 0.15) is 12.8 Å². The van der Waals surface area contributed by atoms with Crippen LogP contribution in [0, 0.1) is 5.41 Å². The van der Waals surface area contributed by atoms with Crippen LogP contribution in [0.4, 0.5) is 0 Å². The molecule has 0 spiro atoms. The van der Waals surface area contributed by atoms with E-state index < -0.39 is 0 Å². The second kappa shape index (κ2) is 3.27. The molecule has 0 radical (unpaired) electrons. The first-order valence-corrected chi connectivity index (χ1v) is 4.84. The minimum absolute atomic E-state index is 0.127. The Balaban J connectivity index is 2.20. The van der Waals surface area contributed by atoms with Crippen LogP contribution in [0.5, 0.6) is 0 Å². The second-order valence-electron chi connectivity index (χ2n) is 3.81. The average Bonchev–Trinajstić information content (AvgIpc) is 2.61. The number of amides is 1. The van der Waals surface area contributed by atoms with Crippen LogP contribution in [-0.2, 0) is 9.53 Å². The smallest absolute Gasteiger partial charge is 0.229 e. The van der Waals surface area contributed by atoms with Gasteiger partial charge in [0, 0.05) is 20.2 Å². The van der Waals surface area contributed by atoms with Crippen molar-refractivity contribution in [1.29, 1.82) is 0 Å². The summed E-state index contributed by atoms with van der Waals surface area (Å²) in [5.41, 5.74) is -0.285. The Morgan fingerprint density at radius 1 is 1.69 bits per heavy atom. The number of ether oxygens (including phenoxy) is 1. The fourth-order valence-corrected chi connectivity index (χ4v) is 2.40. The fourth-order valence-electron chi connectivity index (χ4n) is 2.40. The van der Waals surface area contributed by atoms with Crippen molar-refractivity contribution < 1.29 is 9.53 Å². The van der Waals surface area contributed by atoms with E-state index >= 15 is 0 Å². The summed E-state index contributed by atoms with van der Waals surface area (Å²) in [6.45, 7) is 2.44. The van der Waals surface area contributed by atoms with Crippen molar-refractivity contribution in [2.75, 3.05) is 26.7 Å². The fraction of sp³-hybridized carbons (Fsp3) is 0.889. The zero-order chi connectivity index (χ0) is 9.31. The van der Waals surface area contributed by atoms with Crippen LogP contribution in [0.25, 0.3) is 0 Å². The molecule has 2 rings (SSSR count). The van der Waals surface area contributed by atoms with Gasteiger partial charge in [-0.05, 0) is 19.4 Å². The summed E-state index contributed by atoms with van der Waals surface area (Å²) in [7, 11) is 1.70. The molecular weight excluding hydrogens is 168 g/mol. The van der Waals surface area contributed by atoms with Crippen molar-refractivity contribution in [3.63, 3.8) is 0 Å². The minimum atomic E-state index is -0.285. The molecule has 0 unspecified atom stereocenters. The van der Waals surface area contributed by atoms with Gasteiger partial charge in [-0.3, -0.25) is 4.79 Å². The van der Waals surface area contributed by atoms with Gasteiger partial charge in [-0.15, -0.1) is 0 Å². The van der Waals surface area contributed by atoms with Crippen LogP contribution in [0.15, 0.2) is 0 Å². The van der Waals surface area contributed by atoms with Crippen molar-refractivity contribution in [3.8, 4) is 0 Å². The summed E-state index contributed by atoms with van der Waals surface area (Å²) in [6, 6.07) is 0. The van der Waals surface area contributed by atoms with Crippen LogP contribution < -0.4 is 10.6 Å². The number of fused-ring (bicyclic) bond motifs is 1. The van der Waals surface area contributed by atoms with E-state index in [2.05, 4.69) is 10.6 Å². The Bertz CT molecular complexity index is 220. The second-order valence-corrected chi connectivity index (χ2v) is 3.81. The van der Waals surface area contributed by atoms with Crippen molar-refractivity contribution in [1.82, 2.24) is 10.6 Å². The number of hydrogen-bond donors (Lipinski definition) is 2. The third kappa shape index (κ3) is 1.25. The third-order valence-corrected chi connectivity index (χ3v) is 3.19. The van der Waals surface area contributed by atoms with Gasteiger partial charge in [0.25, 0.3) is 0 Å². The molecule has 74 valence electrons. The maximum Gasteiger partial charge on any atom is 0.229 e. The van der Waals surface area contributed by atoms with Crippen molar-refractivity contribution in [3.05, 3.63) is 0 Å². The molecule has 2 heterocycles. The summed E-state index contributed by atoms with van der Waals surface area (Å²) in [5, 5.41) is 6.01. The van der Waals surface area contributed by atoms with Crippen molar-refractivity contribution in [2.24, 2.45) is 5.41 Å². The Labute approximate surface area is 78.0 Å². The lowest BCUT2D eigenvalue weighted by molar-refractivity contribution is -0.135. The maximum absolute atomic E-state index is 11.7. The van der Waals surface area contributed by atoms with Crippen molar-refractivity contribution in [2.45, 2.75) is 18.9 Å². The normalized spacial score (nSPS) is 38.4. The molecule has 0 aliphatic carbocycles. The van der Waals surface area contributed by atoms with Gasteiger partial charge in [0.2, 0.25) is 5.91 Å². The van der Waals surface area contributed by atoms with Gasteiger partial charge < -0.3 is 15.4 Å². The van der Waals surface area contributed by atoms with Gasteiger partial charge in [-0.1, -0.05) is 0 Å². The highest BCUT2D eigenvalue weighted by atomic mass is 16.5. The highest BCUT2D eigenvalue weighted by Gasteiger charge is 2.50. The van der Waals surface area contributed by atoms with E-state index in [1.165, 1.54) is 0 Å². The van der Waals surface area contributed by atoms with E-state index in [0.29, 0.717) is 0 Å². The lowest BCUT2D eigenvalue weighted by Crippen LogP contribution is -2.55. The van der Waals surface area contributed by atoms with Gasteiger partial charge >= 0.3 is 0 Å². The minimum Gasteiger partial charge on any atom is -0.377 e. The number of piperidine rings is 1. The number of rotatable bonds is 1. The first-order valence-electron chi connectivity index (χ1n) is 4.84. The maximum atomic E-state index is 11.7. The van der Waals surface area contributed by atoms with Crippen molar-refractivity contribution >= 4 is 5.91 Å². The molecule has 2 atom stereocenters. The molecule has 1 amide bonds. The van der Waals surface area contributed by atoms with Crippen LogP contribution in [0.3, 0.4) is 0 Å². The highest BCUT2D eigenvalue weighted by Crippen LogP contribution is 2.38. The topological polar surface area (TPSA) is 50.4 Å². The zero-order valence-corrected chi connectivity index (χ0v) is 7.93. The van der Waals surface area contributed by atoms with Gasteiger partial charge in [0.05, 0.1) is 11.5 Å². The molecule has 2 fully saturated rings. The summed E-state index contributed by atoms with van der Waals surface area (Å²) < 4.78 is 5.58. The summed E-state index contributed by atoms with van der Waals surface area (Å²) in [4.78, 5) is 11.7. The SMILES string of the molecule is CNC(=O)[C@@]12CCO[C@@H]1CCNC2. The molecule has 0 aromatic heterocycles. The van der Waals surface area contributed by atoms with E-state index in [4.69, 9.17) is 4.74 Å². The Kier molecular flexibility index (Phi) is 2.26. The molecule has 13 heavy (non-hydrogen) atoms. The first-order chi connectivity index (χ1) is 6.29. The number of carbonyl (C=O) groups is 1. The summed E-state index contributed by atoms with van der Waals surface area (Å²) in [5.74, 6) is 0.127. The molecule has 0 saturated carbocycles. The molecule has 4 nitrogen and oxygen atoms in total. The van der Waals surface area contributed by atoms with E-state index in [1.54, 1.807) is 7.05 Å². The Morgan fingerprint density at radius 2 is 2.54 bits per heavy atom. The lowest BCUT2D eigenvalue weighted by Gasteiger charge is -2.36. The molecule has 0 aromatic carbocycles. The number of nitrogens with one attached hydrogen (secondary N) is 2. The highest BCUT2D eigenvalue weighted by molar-refractivity contribution is 5.83. The molecule has 2 N–H and O–H groups in total. The van der Waals surface area contributed by atoms with Gasteiger partial charge in [0.1, 0.15) is 0 Å².